The quantitative estimate of drug-likeness (QED) is 0.181. The van der Waals surface area contributed by atoms with E-state index in [2.05, 4.69) is 55.4 Å². The summed E-state index contributed by atoms with van der Waals surface area (Å²) in [5, 5.41) is 4.64. The number of pyridine rings is 2. The molecule has 0 spiro atoms. The minimum Gasteiger partial charge on any atom is -0.444 e. The maximum absolute atomic E-state index is 12.8. The molecule has 2 aromatic carbocycles. The topological polar surface area (TPSA) is 154 Å². The Morgan fingerprint density at radius 2 is 1.24 bits per heavy atom. The number of carbonyl (C=O) groups excluding carboxylic acids is 3. The second kappa shape index (κ2) is 17.9. The molecule has 2 aliphatic heterocycles. The van der Waals surface area contributed by atoms with Gasteiger partial charge in [0.25, 0.3) is 0 Å². The molecule has 2 fully saturated rings. The minimum absolute atomic E-state index is 0.309. The van der Waals surface area contributed by atoms with Crippen LogP contribution in [0.3, 0.4) is 0 Å². The molecule has 2 aliphatic carbocycles. The first-order chi connectivity index (χ1) is 28.1. The van der Waals surface area contributed by atoms with Crippen molar-refractivity contribution in [3.8, 4) is 0 Å². The van der Waals surface area contributed by atoms with Gasteiger partial charge in [-0.2, -0.15) is 0 Å². The van der Waals surface area contributed by atoms with Crippen molar-refractivity contribution >= 4 is 84.1 Å². The van der Waals surface area contributed by atoms with Crippen LogP contribution in [0.25, 0.3) is 11.1 Å². The lowest BCUT2D eigenvalue weighted by Gasteiger charge is -2.37. The van der Waals surface area contributed by atoms with Crippen LogP contribution in [0.2, 0.25) is 10.0 Å². The van der Waals surface area contributed by atoms with E-state index in [1.807, 2.05) is 36.5 Å². The highest BCUT2D eigenvalue weighted by Gasteiger charge is 2.37. The SMILES string of the molecule is CC(C)(C)OC(=O)N1CC/C(=C2/c3ccc(Cl)cc3CCc3cc(Br)cnc32)CC1C(N)=O.NC(=O)C1C/C(=C2\c3ccc(Cl)cc3CCc3cc(Br)cnc32)CCN1. The van der Waals surface area contributed by atoms with E-state index in [1.165, 1.54) is 27.2 Å². The van der Waals surface area contributed by atoms with Gasteiger partial charge >= 0.3 is 6.09 Å². The van der Waals surface area contributed by atoms with Crippen molar-refractivity contribution in [1.29, 1.82) is 0 Å². The molecule has 4 heterocycles. The molecule has 3 amide bonds. The number of halogens is 4. The highest BCUT2D eigenvalue weighted by atomic mass is 79.9. The molecular formula is C45H46Br2Cl2N6O4. The molecule has 2 atom stereocenters. The van der Waals surface area contributed by atoms with Crippen LogP contribution in [-0.4, -0.2) is 63.5 Å². The van der Waals surface area contributed by atoms with Crippen molar-refractivity contribution in [2.75, 3.05) is 13.1 Å². The van der Waals surface area contributed by atoms with E-state index in [0.29, 0.717) is 30.8 Å². The Morgan fingerprint density at radius 1 is 0.729 bits per heavy atom. The fraction of sp³-hybridized carbons (Fsp3) is 0.356. The molecule has 0 bridgehead atoms. The monoisotopic (exact) mass is 962 g/mol. The third kappa shape index (κ3) is 9.78. The summed E-state index contributed by atoms with van der Waals surface area (Å²) in [7, 11) is 0. The van der Waals surface area contributed by atoms with Gasteiger partial charge in [0, 0.05) is 49.1 Å². The summed E-state index contributed by atoms with van der Waals surface area (Å²) in [5.41, 5.74) is 24.0. The fourth-order valence-electron chi connectivity index (χ4n) is 8.45. The van der Waals surface area contributed by atoms with Crippen molar-refractivity contribution in [1.82, 2.24) is 20.2 Å². The summed E-state index contributed by atoms with van der Waals surface area (Å²) in [4.78, 5) is 47.9. The molecule has 8 rings (SSSR count). The largest absolute Gasteiger partial charge is 0.444 e. The molecule has 0 saturated carbocycles. The number of likely N-dealkylation sites (tertiary alicyclic amines) is 1. The number of nitrogens with one attached hydrogen (secondary N) is 1. The second-order valence-corrected chi connectivity index (χ2v) is 19.0. The van der Waals surface area contributed by atoms with Crippen molar-refractivity contribution in [3.63, 3.8) is 0 Å². The molecule has 2 saturated heterocycles. The Bertz CT molecular complexity index is 2300. The van der Waals surface area contributed by atoms with Crippen LogP contribution in [-0.2, 0) is 40.0 Å². The van der Waals surface area contributed by atoms with E-state index in [9.17, 15) is 14.4 Å². The van der Waals surface area contributed by atoms with E-state index in [1.54, 1.807) is 27.0 Å². The molecule has 2 aromatic heterocycles. The van der Waals surface area contributed by atoms with Gasteiger partial charge in [0.05, 0.1) is 17.4 Å². The maximum Gasteiger partial charge on any atom is 0.410 e. The van der Waals surface area contributed by atoms with Gasteiger partial charge in [-0.05, 0) is 180 Å². The van der Waals surface area contributed by atoms with Gasteiger partial charge in [0.2, 0.25) is 11.8 Å². The van der Waals surface area contributed by atoms with Crippen LogP contribution in [0.1, 0.15) is 91.2 Å². The zero-order valence-corrected chi connectivity index (χ0v) is 37.8. The average Bonchev–Trinajstić information content (AvgIpc) is 3.44. The van der Waals surface area contributed by atoms with E-state index in [0.717, 1.165) is 97.4 Å². The first-order valence-corrected chi connectivity index (χ1v) is 22.0. The number of amides is 3. The smallest absolute Gasteiger partial charge is 0.410 e. The lowest BCUT2D eigenvalue weighted by atomic mass is 9.86. The maximum atomic E-state index is 12.8. The first-order valence-electron chi connectivity index (χ1n) is 19.7. The lowest BCUT2D eigenvalue weighted by molar-refractivity contribution is -0.123. The fourth-order valence-corrected chi connectivity index (χ4v) is 9.60. The number of carbonyl (C=O) groups is 3. The number of hydrogen-bond donors (Lipinski definition) is 3. The molecule has 59 heavy (non-hydrogen) atoms. The second-order valence-electron chi connectivity index (χ2n) is 16.3. The number of piperidine rings is 2. The van der Waals surface area contributed by atoms with Crippen molar-refractivity contribution in [2.24, 2.45) is 11.5 Å². The Morgan fingerprint density at radius 3 is 1.73 bits per heavy atom. The zero-order chi connectivity index (χ0) is 42.2. The number of fused-ring (bicyclic) bond motifs is 4. The number of aryl methyl sites for hydroxylation is 4. The summed E-state index contributed by atoms with van der Waals surface area (Å²) in [6.07, 6.45) is 9.01. The van der Waals surface area contributed by atoms with Gasteiger partial charge in [0.1, 0.15) is 11.6 Å². The van der Waals surface area contributed by atoms with Gasteiger partial charge in [-0.25, -0.2) is 4.79 Å². The summed E-state index contributed by atoms with van der Waals surface area (Å²) in [5.74, 6) is -0.857. The number of aromatic nitrogens is 2. The number of rotatable bonds is 2. The number of benzene rings is 2. The summed E-state index contributed by atoms with van der Waals surface area (Å²) >= 11 is 19.6. The lowest BCUT2D eigenvalue weighted by Crippen LogP contribution is -2.52. The summed E-state index contributed by atoms with van der Waals surface area (Å²) in [6, 6.07) is 15.1. The molecule has 308 valence electrons. The number of hydrogen-bond acceptors (Lipinski definition) is 7. The van der Waals surface area contributed by atoms with E-state index >= 15 is 0 Å². The van der Waals surface area contributed by atoms with Gasteiger partial charge in [-0.3, -0.25) is 24.5 Å². The molecule has 14 heteroatoms. The van der Waals surface area contributed by atoms with Gasteiger partial charge < -0.3 is 21.5 Å². The number of ether oxygens (including phenoxy) is 1. The normalized spacial score (nSPS) is 21.3. The van der Waals surface area contributed by atoms with Crippen LogP contribution in [0.15, 0.2) is 81.0 Å². The van der Waals surface area contributed by atoms with E-state index < -0.39 is 23.6 Å². The average molecular weight is 966 g/mol. The van der Waals surface area contributed by atoms with Crippen molar-refractivity contribution in [2.45, 2.75) is 89.8 Å². The standard InChI is InChI=1S/C25H27BrClN3O3.C20H19BrClN3O/c1-25(2,3)33-24(32)30-9-8-15(12-20(30)23(28)31)21-19-7-6-18(27)11-14(19)4-5-16-10-17(26)13-29-22(16)21;21-14-7-13-2-1-11-8-15(22)3-4-16(11)18(19(13)25-10-14)12-5-6-24-17(9-12)20(23)26/h6-7,10-11,13,20H,4-5,8-9,12H2,1-3H3,(H2,28,31);3-4,7-8,10,17,24H,1-2,5-6,9H2,(H2,23,26)/b21-15+;18-12+. The molecule has 10 nitrogen and oxygen atoms in total. The molecular weight excluding hydrogens is 919 g/mol. The van der Waals surface area contributed by atoms with Crippen LogP contribution >= 0.6 is 55.1 Å². The highest BCUT2D eigenvalue weighted by molar-refractivity contribution is 9.10. The van der Waals surface area contributed by atoms with E-state index in [-0.39, 0.29) is 11.9 Å². The zero-order valence-electron chi connectivity index (χ0n) is 33.1. The Labute approximate surface area is 371 Å². The Balaban J connectivity index is 0.000000184. The van der Waals surface area contributed by atoms with Crippen molar-refractivity contribution in [3.05, 3.63) is 136 Å². The van der Waals surface area contributed by atoms with Crippen LogP contribution in [0.5, 0.6) is 0 Å². The van der Waals surface area contributed by atoms with Crippen LogP contribution in [0, 0.1) is 0 Å². The van der Waals surface area contributed by atoms with E-state index in [4.69, 9.17) is 49.4 Å². The number of nitrogens with two attached hydrogens (primary N) is 2. The molecule has 5 N–H and O–H groups in total. The molecule has 4 aliphatic rings. The molecule has 4 aromatic rings. The first kappa shape index (κ1) is 43.0. The Kier molecular flexibility index (Phi) is 13.0. The van der Waals surface area contributed by atoms with Crippen LogP contribution in [0.4, 0.5) is 4.79 Å². The Hall–Kier alpha value is -4.07. The third-order valence-corrected chi connectivity index (χ3v) is 12.4. The molecule has 0 radical (unpaired) electrons. The van der Waals surface area contributed by atoms with Crippen molar-refractivity contribution < 1.29 is 19.1 Å². The molecule has 2 unspecified atom stereocenters. The third-order valence-electron chi connectivity index (χ3n) is 11.1. The predicted molar refractivity (Wildman–Crippen MR) is 239 cm³/mol. The number of nitrogens with zero attached hydrogens (tertiary/aromatic N) is 3. The highest BCUT2D eigenvalue weighted by Crippen LogP contribution is 2.41. The summed E-state index contributed by atoms with van der Waals surface area (Å²) < 4.78 is 7.43. The van der Waals surface area contributed by atoms with Gasteiger partial charge in [-0.15, -0.1) is 0 Å². The number of primary amides is 2. The predicted octanol–water partition coefficient (Wildman–Crippen LogP) is 8.92. The minimum atomic E-state index is -0.783. The van der Waals surface area contributed by atoms with Crippen LogP contribution < -0.4 is 16.8 Å². The van der Waals surface area contributed by atoms with Gasteiger partial charge in [0.15, 0.2) is 0 Å². The van der Waals surface area contributed by atoms with Gasteiger partial charge in [-0.1, -0.05) is 46.5 Å². The summed E-state index contributed by atoms with van der Waals surface area (Å²) in [6.45, 7) is 6.49.